The van der Waals surface area contributed by atoms with Crippen LogP contribution in [0.15, 0.2) is 18.2 Å². The second-order valence-electron chi connectivity index (χ2n) is 4.06. The predicted molar refractivity (Wildman–Crippen MR) is 64.8 cm³/mol. The van der Waals surface area contributed by atoms with Gasteiger partial charge in [-0.3, -0.25) is 0 Å². The SMILES string of the molecule is CNC(COCC(F)(F)F)Cc1cc(Cl)ccc1F. The van der Waals surface area contributed by atoms with Gasteiger partial charge in [0, 0.05) is 11.1 Å². The largest absolute Gasteiger partial charge is 0.411 e. The average molecular weight is 300 g/mol. The van der Waals surface area contributed by atoms with Crippen LogP contribution in [0, 0.1) is 5.82 Å². The van der Waals surface area contributed by atoms with Gasteiger partial charge in [-0.2, -0.15) is 13.2 Å². The van der Waals surface area contributed by atoms with Crippen LogP contribution >= 0.6 is 11.6 Å². The van der Waals surface area contributed by atoms with Gasteiger partial charge in [0.2, 0.25) is 0 Å². The predicted octanol–water partition coefficient (Wildman–Crippen LogP) is 3.19. The van der Waals surface area contributed by atoms with E-state index in [4.69, 9.17) is 11.6 Å². The summed E-state index contributed by atoms with van der Waals surface area (Å²) in [6.07, 6.45) is -4.17. The maximum atomic E-state index is 13.5. The zero-order valence-electron chi connectivity index (χ0n) is 10.2. The Labute approximate surface area is 113 Å². The van der Waals surface area contributed by atoms with Crippen LogP contribution in [-0.2, 0) is 11.2 Å². The molecule has 1 atom stereocenters. The molecule has 1 aromatic carbocycles. The molecule has 0 amide bonds. The zero-order valence-corrected chi connectivity index (χ0v) is 11.0. The van der Waals surface area contributed by atoms with E-state index in [1.165, 1.54) is 18.2 Å². The van der Waals surface area contributed by atoms with E-state index in [0.29, 0.717) is 10.6 Å². The lowest BCUT2D eigenvalue weighted by Gasteiger charge is -2.17. The molecule has 0 radical (unpaired) electrons. The van der Waals surface area contributed by atoms with Crippen molar-refractivity contribution in [3.8, 4) is 0 Å². The molecule has 0 aromatic heterocycles. The number of halogens is 5. The van der Waals surface area contributed by atoms with Crippen molar-refractivity contribution in [1.29, 1.82) is 0 Å². The third-order valence-electron chi connectivity index (χ3n) is 2.47. The van der Waals surface area contributed by atoms with Gasteiger partial charge in [-0.1, -0.05) is 11.6 Å². The molecule has 0 bridgehead atoms. The molecule has 7 heteroatoms. The molecule has 2 nitrogen and oxygen atoms in total. The van der Waals surface area contributed by atoms with E-state index >= 15 is 0 Å². The van der Waals surface area contributed by atoms with Gasteiger partial charge >= 0.3 is 6.18 Å². The quantitative estimate of drug-likeness (QED) is 0.815. The summed E-state index contributed by atoms with van der Waals surface area (Å²) in [5, 5.41) is 3.16. The van der Waals surface area contributed by atoms with Crippen molar-refractivity contribution in [3.05, 3.63) is 34.6 Å². The van der Waals surface area contributed by atoms with Gasteiger partial charge in [-0.05, 0) is 37.2 Å². The van der Waals surface area contributed by atoms with Gasteiger partial charge < -0.3 is 10.1 Å². The minimum Gasteiger partial charge on any atom is -0.370 e. The molecule has 0 fully saturated rings. The molecule has 1 rings (SSSR count). The number of rotatable bonds is 6. The van der Waals surface area contributed by atoms with Gasteiger partial charge in [0.1, 0.15) is 12.4 Å². The molecule has 0 saturated heterocycles. The summed E-state index contributed by atoms with van der Waals surface area (Å²) in [5.41, 5.74) is 0.336. The third-order valence-corrected chi connectivity index (χ3v) is 2.70. The molecular weight excluding hydrogens is 286 g/mol. The molecular formula is C12H14ClF4NO. The summed E-state index contributed by atoms with van der Waals surface area (Å²) in [6, 6.07) is 3.66. The van der Waals surface area contributed by atoms with E-state index < -0.39 is 24.6 Å². The Morgan fingerprint density at radius 1 is 1.37 bits per heavy atom. The second-order valence-corrected chi connectivity index (χ2v) is 4.49. The normalized spacial score (nSPS) is 13.6. The van der Waals surface area contributed by atoms with Gasteiger partial charge in [0.25, 0.3) is 0 Å². The van der Waals surface area contributed by atoms with Crippen molar-refractivity contribution in [3.63, 3.8) is 0 Å². The molecule has 108 valence electrons. The van der Waals surface area contributed by atoms with Crippen molar-refractivity contribution >= 4 is 11.6 Å². The first-order chi connectivity index (χ1) is 8.81. The first kappa shape index (κ1) is 16.2. The molecule has 0 heterocycles. The number of ether oxygens (including phenoxy) is 1. The number of benzene rings is 1. The Balaban J connectivity index is 2.54. The zero-order chi connectivity index (χ0) is 14.5. The fourth-order valence-electron chi connectivity index (χ4n) is 1.53. The Kier molecular flexibility index (Phi) is 6.03. The summed E-state index contributed by atoms with van der Waals surface area (Å²) in [5.74, 6) is -0.444. The number of nitrogens with one attached hydrogen (secondary N) is 1. The van der Waals surface area contributed by atoms with Gasteiger partial charge in [-0.25, -0.2) is 4.39 Å². The van der Waals surface area contributed by atoms with Crippen molar-refractivity contribution < 1.29 is 22.3 Å². The van der Waals surface area contributed by atoms with Crippen LogP contribution in [-0.4, -0.2) is 32.5 Å². The number of likely N-dealkylation sites (N-methyl/N-ethyl adjacent to an activating group) is 1. The Hall–Kier alpha value is -0.850. The minimum atomic E-state index is -4.36. The molecule has 1 aromatic rings. The van der Waals surface area contributed by atoms with E-state index in [1.54, 1.807) is 7.05 Å². The third kappa shape index (κ3) is 6.22. The van der Waals surface area contributed by atoms with Crippen LogP contribution < -0.4 is 5.32 Å². The topological polar surface area (TPSA) is 21.3 Å². The highest BCUT2D eigenvalue weighted by atomic mass is 35.5. The van der Waals surface area contributed by atoms with Crippen molar-refractivity contribution in [2.45, 2.75) is 18.6 Å². The fraction of sp³-hybridized carbons (Fsp3) is 0.500. The molecule has 0 spiro atoms. The highest BCUT2D eigenvalue weighted by Crippen LogP contribution is 2.17. The van der Waals surface area contributed by atoms with Crippen LogP contribution in [0.2, 0.25) is 5.02 Å². The highest BCUT2D eigenvalue weighted by molar-refractivity contribution is 6.30. The Morgan fingerprint density at radius 3 is 2.63 bits per heavy atom. The summed E-state index contributed by atoms with van der Waals surface area (Å²) in [4.78, 5) is 0. The molecule has 0 aliphatic heterocycles. The fourth-order valence-corrected chi connectivity index (χ4v) is 1.72. The monoisotopic (exact) mass is 299 g/mol. The molecule has 1 N–H and O–H groups in total. The van der Waals surface area contributed by atoms with Crippen LogP contribution in [0.1, 0.15) is 5.56 Å². The van der Waals surface area contributed by atoms with E-state index in [1.807, 2.05) is 0 Å². The van der Waals surface area contributed by atoms with Crippen molar-refractivity contribution in [1.82, 2.24) is 5.32 Å². The lowest BCUT2D eigenvalue weighted by Crippen LogP contribution is -2.34. The number of alkyl halides is 3. The van der Waals surface area contributed by atoms with Gasteiger partial charge in [0.15, 0.2) is 0 Å². The van der Waals surface area contributed by atoms with E-state index in [0.717, 1.165) is 0 Å². The van der Waals surface area contributed by atoms with Crippen LogP contribution in [0.3, 0.4) is 0 Å². The standard InChI is InChI=1S/C12H14ClF4NO/c1-18-10(6-19-7-12(15,16)17)5-8-4-9(13)2-3-11(8)14/h2-4,10,18H,5-7H2,1H3. The van der Waals surface area contributed by atoms with Gasteiger partial charge in [-0.15, -0.1) is 0 Å². The molecule has 0 aliphatic rings. The summed E-state index contributed by atoms with van der Waals surface area (Å²) < 4.78 is 53.8. The summed E-state index contributed by atoms with van der Waals surface area (Å²) >= 11 is 5.74. The van der Waals surface area contributed by atoms with E-state index in [9.17, 15) is 17.6 Å². The molecule has 0 saturated carbocycles. The average Bonchev–Trinajstić information content (AvgIpc) is 2.30. The lowest BCUT2D eigenvalue weighted by molar-refractivity contribution is -0.175. The summed E-state index contributed by atoms with van der Waals surface area (Å²) in [7, 11) is 1.57. The van der Waals surface area contributed by atoms with Crippen LogP contribution in [0.4, 0.5) is 17.6 Å². The van der Waals surface area contributed by atoms with Crippen molar-refractivity contribution in [2.24, 2.45) is 0 Å². The molecule has 0 aliphatic carbocycles. The lowest BCUT2D eigenvalue weighted by atomic mass is 10.1. The Morgan fingerprint density at radius 2 is 2.05 bits per heavy atom. The maximum Gasteiger partial charge on any atom is 0.411 e. The number of hydrogen-bond donors (Lipinski definition) is 1. The smallest absolute Gasteiger partial charge is 0.370 e. The summed E-state index contributed by atoms with van der Waals surface area (Å²) in [6.45, 7) is -1.48. The van der Waals surface area contributed by atoms with Gasteiger partial charge in [0.05, 0.1) is 6.61 Å². The van der Waals surface area contributed by atoms with Crippen LogP contribution in [0.25, 0.3) is 0 Å². The van der Waals surface area contributed by atoms with Crippen LogP contribution in [0.5, 0.6) is 0 Å². The highest BCUT2D eigenvalue weighted by Gasteiger charge is 2.27. The maximum absolute atomic E-state index is 13.5. The number of hydrogen-bond acceptors (Lipinski definition) is 2. The first-order valence-corrected chi connectivity index (χ1v) is 5.95. The molecule has 1 unspecified atom stereocenters. The minimum absolute atomic E-state index is 0.165. The van der Waals surface area contributed by atoms with E-state index in [-0.39, 0.29) is 13.0 Å². The molecule has 19 heavy (non-hydrogen) atoms. The van der Waals surface area contributed by atoms with E-state index in [2.05, 4.69) is 10.1 Å². The van der Waals surface area contributed by atoms with Crippen molar-refractivity contribution in [2.75, 3.05) is 20.3 Å². The first-order valence-electron chi connectivity index (χ1n) is 5.57. The Bertz CT molecular complexity index is 411. The second kappa shape index (κ2) is 7.07.